The van der Waals surface area contributed by atoms with Gasteiger partial charge in [0.05, 0.1) is 12.2 Å². The molecule has 0 radical (unpaired) electrons. The number of benzene rings is 1. The van der Waals surface area contributed by atoms with Gasteiger partial charge in [0.1, 0.15) is 0 Å². The van der Waals surface area contributed by atoms with Crippen LogP contribution >= 0.6 is 0 Å². The summed E-state index contributed by atoms with van der Waals surface area (Å²) in [6, 6.07) is 8.96. The average molecular weight is 271 g/mol. The summed E-state index contributed by atoms with van der Waals surface area (Å²) in [5, 5.41) is 0. The van der Waals surface area contributed by atoms with Crippen LogP contribution in [-0.2, 0) is 9.53 Å². The van der Waals surface area contributed by atoms with E-state index in [1.165, 1.54) is 0 Å². The maximum Gasteiger partial charge on any atom is 0.338 e. The second kappa shape index (κ2) is 6.19. The molecule has 1 aliphatic heterocycles. The monoisotopic (exact) mass is 271 g/mol. The van der Waals surface area contributed by atoms with E-state index in [2.05, 4.69) is 0 Å². The van der Waals surface area contributed by atoms with Crippen molar-refractivity contribution in [3.8, 4) is 0 Å². The van der Waals surface area contributed by atoms with Crippen LogP contribution in [0.5, 0.6) is 0 Å². The molecule has 2 rings (SSSR count). The van der Waals surface area contributed by atoms with Gasteiger partial charge in [-0.3, -0.25) is 4.79 Å². The van der Waals surface area contributed by atoms with Gasteiger partial charge in [0.2, 0.25) is 0 Å². The molecule has 0 N–H and O–H groups in total. The Morgan fingerprint density at radius 1 is 1.25 bits per heavy atom. The minimum absolute atomic E-state index is 0.134. The molecule has 0 amide bonds. The molecule has 0 bridgehead atoms. The lowest BCUT2D eigenvalue weighted by molar-refractivity contribution is -0.138. The number of Topliss-reactive ketones (excluding diaryl/α,β-unsaturated/α-hetero) is 1. The number of likely N-dealkylation sites (N-methyl/N-ethyl adjacent to an activating group) is 1. The van der Waals surface area contributed by atoms with Crippen LogP contribution in [0.25, 0.3) is 0 Å². The molecule has 0 saturated heterocycles. The molecule has 0 aliphatic carbocycles. The van der Waals surface area contributed by atoms with Crippen molar-refractivity contribution in [1.29, 1.82) is 0 Å². The zero-order chi connectivity index (χ0) is 14.5. The maximum absolute atomic E-state index is 12.5. The number of rotatable bonds is 4. The van der Waals surface area contributed by atoms with Gasteiger partial charge >= 0.3 is 5.97 Å². The van der Waals surface area contributed by atoms with Crippen molar-refractivity contribution in [3.05, 3.63) is 59.3 Å². The van der Waals surface area contributed by atoms with E-state index in [0.717, 1.165) is 0 Å². The Kier molecular flexibility index (Phi) is 4.35. The van der Waals surface area contributed by atoms with Crippen LogP contribution in [0, 0.1) is 0 Å². The molecule has 4 heteroatoms. The third-order valence-corrected chi connectivity index (χ3v) is 3.03. The van der Waals surface area contributed by atoms with Crippen LogP contribution in [0.15, 0.2) is 53.8 Å². The quantitative estimate of drug-likeness (QED) is 0.622. The first-order chi connectivity index (χ1) is 9.63. The number of nitrogens with zero attached hydrogens (tertiary/aromatic N) is 1. The lowest BCUT2D eigenvalue weighted by Crippen LogP contribution is -2.26. The minimum atomic E-state index is -0.448. The largest absolute Gasteiger partial charge is 0.462 e. The first kappa shape index (κ1) is 14.1. The predicted molar refractivity (Wildman–Crippen MR) is 76.2 cm³/mol. The lowest BCUT2D eigenvalue weighted by Gasteiger charge is -2.22. The highest BCUT2D eigenvalue weighted by molar-refractivity contribution is 6.14. The van der Waals surface area contributed by atoms with E-state index in [4.69, 9.17) is 4.74 Å². The molecule has 4 nitrogen and oxygen atoms in total. The van der Waals surface area contributed by atoms with Gasteiger partial charge in [0.15, 0.2) is 5.78 Å². The number of ether oxygens (including phenoxy) is 1. The molecule has 104 valence electrons. The summed E-state index contributed by atoms with van der Waals surface area (Å²) in [5.74, 6) is -0.582. The minimum Gasteiger partial charge on any atom is -0.462 e. The highest BCUT2D eigenvalue weighted by atomic mass is 16.5. The number of carbonyl (C=O) groups excluding carboxylic acids is 2. The standard InChI is InChI=1S/C16H17NO3/c1-3-20-16(19)13-9-10-17(2)11-14(13)15(18)12-7-5-4-6-8-12/h4-10H,3,11H2,1-2H3. The Morgan fingerprint density at radius 2 is 1.95 bits per heavy atom. The van der Waals surface area contributed by atoms with Crippen LogP contribution in [-0.4, -0.2) is 36.9 Å². The summed E-state index contributed by atoms with van der Waals surface area (Å²) in [6.45, 7) is 2.44. The van der Waals surface area contributed by atoms with Crippen molar-refractivity contribution >= 4 is 11.8 Å². The lowest BCUT2D eigenvalue weighted by atomic mass is 9.96. The topological polar surface area (TPSA) is 46.6 Å². The van der Waals surface area contributed by atoms with Crippen molar-refractivity contribution in [3.63, 3.8) is 0 Å². The number of hydrogen-bond donors (Lipinski definition) is 0. The van der Waals surface area contributed by atoms with Crippen molar-refractivity contribution in [2.24, 2.45) is 0 Å². The third-order valence-electron chi connectivity index (χ3n) is 3.03. The second-order valence-corrected chi connectivity index (χ2v) is 4.54. The van der Waals surface area contributed by atoms with Crippen molar-refractivity contribution in [2.45, 2.75) is 6.92 Å². The molecule has 20 heavy (non-hydrogen) atoms. The second-order valence-electron chi connectivity index (χ2n) is 4.54. The van der Waals surface area contributed by atoms with Gasteiger partial charge in [-0.1, -0.05) is 30.3 Å². The Balaban J connectivity index is 2.39. The zero-order valence-electron chi connectivity index (χ0n) is 11.6. The number of hydrogen-bond acceptors (Lipinski definition) is 4. The van der Waals surface area contributed by atoms with E-state index in [1.54, 1.807) is 43.5 Å². The van der Waals surface area contributed by atoms with Crippen molar-refractivity contribution in [2.75, 3.05) is 20.2 Å². The van der Waals surface area contributed by atoms with Gasteiger partial charge in [0.25, 0.3) is 0 Å². The highest BCUT2D eigenvalue weighted by Crippen LogP contribution is 2.20. The Bertz CT molecular complexity index is 573. The average Bonchev–Trinajstić information content (AvgIpc) is 2.47. The molecule has 0 aromatic heterocycles. The highest BCUT2D eigenvalue weighted by Gasteiger charge is 2.24. The Morgan fingerprint density at radius 3 is 2.60 bits per heavy atom. The molecule has 0 saturated carbocycles. The zero-order valence-corrected chi connectivity index (χ0v) is 11.6. The number of carbonyl (C=O) groups is 2. The third kappa shape index (κ3) is 2.96. The Labute approximate surface area is 118 Å². The number of ketones is 1. The molecule has 0 spiro atoms. The SMILES string of the molecule is CCOC(=O)C1=C(C(=O)c2ccccc2)CN(C)C=C1. The van der Waals surface area contributed by atoms with Crippen LogP contribution in [0.3, 0.4) is 0 Å². The summed E-state index contributed by atoms with van der Waals surface area (Å²) in [7, 11) is 1.86. The molecule has 0 unspecified atom stereocenters. The van der Waals surface area contributed by atoms with E-state index < -0.39 is 5.97 Å². The van der Waals surface area contributed by atoms with Gasteiger partial charge in [-0.15, -0.1) is 0 Å². The smallest absolute Gasteiger partial charge is 0.338 e. The first-order valence-electron chi connectivity index (χ1n) is 6.52. The van der Waals surface area contributed by atoms with E-state index in [-0.39, 0.29) is 5.78 Å². The van der Waals surface area contributed by atoms with Gasteiger partial charge in [-0.2, -0.15) is 0 Å². The molecule has 1 heterocycles. The van der Waals surface area contributed by atoms with Crippen molar-refractivity contribution in [1.82, 2.24) is 4.90 Å². The predicted octanol–water partition coefficient (Wildman–Crippen LogP) is 2.19. The van der Waals surface area contributed by atoms with E-state index in [0.29, 0.717) is 29.9 Å². The summed E-state index contributed by atoms with van der Waals surface area (Å²) >= 11 is 0. The maximum atomic E-state index is 12.5. The van der Waals surface area contributed by atoms with Gasteiger partial charge < -0.3 is 9.64 Å². The van der Waals surface area contributed by atoms with Gasteiger partial charge in [-0.25, -0.2) is 4.79 Å². The molecular weight excluding hydrogens is 254 g/mol. The van der Waals surface area contributed by atoms with Crippen LogP contribution in [0.1, 0.15) is 17.3 Å². The molecule has 1 aromatic carbocycles. The molecular formula is C16H17NO3. The number of esters is 1. The normalized spacial score (nSPS) is 14.4. The fourth-order valence-corrected chi connectivity index (χ4v) is 2.05. The molecule has 0 atom stereocenters. The van der Waals surface area contributed by atoms with Crippen LogP contribution < -0.4 is 0 Å². The van der Waals surface area contributed by atoms with E-state index >= 15 is 0 Å². The van der Waals surface area contributed by atoms with Gasteiger partial charge in [-0.05, 0) is 19.2 Å². The summed E-state index contributed by atoms with van der Waals surface area (Å²) < 4.78 is 5.01. The fourth-order valence-electron chi connectivity index (χ4n) is 2.05. The van der Waals surface area contributed by atoms with Crippen molar-refractivity contribution < 1.29 is 14.3 Å². The first-order valence-corrected chi connectivity index (χ1v) is 6.52. The van der Waals surface area contributed by atoms with E-state index in [1.807, 2.05) is 18.0 Å². The van der Waals surface area contributed by atoms with Gasteiger partial charge in [0, 0.05) is 24.7 Å². The molecule has 1 aromatic rings. The Hall–Kier alpha value is -2.36. The van der Waals surface area contributed by atoms with Crippen LogP contribution in [0.4, 0.5) is 0 Å². The summed E-state index contributed by atoms with van der Waals surface area (Å²) in [6.07, 6.45) is 3.41. The summed E-state index contributed by atoms with van der Waals surface area (Å²) in [5.41, 5.74) is 1.39. The summed E-state index contributed by atoms with van der Waals surface area (Å²) in [4.78, 5) is 26.3. The molecule has 0 fully saturated rings. The van der Waals surface area contributed by atoms with E-state index in [9.17, 15) is 9.59 Å². The molecule has 1 aliphatic rings. The fraction of sp³-hybridized carbons (Fsp3) is 0.250. The van der Waals surface area contributed by atoms with Crippen LogP contribution in [0.2, 0.25) is 0 Å².